The summed E-state index contributed by atoms with van der Waals surface area (Å²) in [5, 5.41) is 5.44. The molecule has 142 valence electrons. The Morgan fingerprint density at radius 3 is 2.70 bits per heavy atom. The minimum Gasteiger partial charge on any atom is -0.330 e. The lowest BCUT2D eigenvalue weighted by Gasteiger charge is -2.27. The topological polar surface area (TPSA) is 38.1 Å². The molecule has 1 aromatic heterocycles. The van der Waals surface area contributed by atoms with Crippen LogP contribution in [0.5, 0.6) is 0 Å². The second-order valence-corrected chi connectivity index (χ2v) is 8.07. The summed E-state index contributed by atoms with van der Waals surface area (Å²) >= 11 is 5.94. The Bertz CT molecular complexity index is 847. The zero-order valence-corrected chi connectivity index (χ0v) is 16.6. The van der Waals surface area contributed by atoms with Gasteiger partial charge in [-0.15, -0.1) is 0 Å². The van der Waals surface area contributed by atoms with Crippen molar-refractivity contribution >= 4 is 23.6 Å². The molecule has 0 N–H and O–H groups in total. The van der Waals surface area contributed by atoms with E-state index in [1.165, 1.54) is 30.5 Å². The van der Waals surface area contributed by atoms with E-state index in [0.29, 0.717) is 17.6 Å². The zero-order valence-electron chi connectivity index (χ0n) is 15.8. The van der Waals surface area contributed by atoms with Gasteiger partial charge in [0, 0.05) is 29.9 Å². The van der Waals surface area contributed by atoms with Crippen LogP contribution >= 0.6 is 11.6 Å². The maximum Gasteiger partial charge on any atom is 0.247 e. The van der Waals surface area contributed by atoms with Crippen molar-refractivity contribution in [3.63, 3.8) is 0 Å². The van der Waals surface area contributed by atoms with Crippen molar-refractivity contribution in [1.82, 2.24) is 14.7 Å². The molecule has 0 atom stereocenters. The molecule has 1 fully saturated rings. The molecular formula is C22H26ClN3O. The Kier molecular flexibility index (Phi) is 5.35. The number of benzene rings is 1. The Morgan fingerprint density at radius 1 is 1.22 bits per heavy atom. The molecule has 2 aliphatic rings. The third-order valence-corrected chi connectivity index (χ3v) is 6.11. The Labute approximate surface area is 165 Å². The van der Waals surface area contributed by atoms with Gasteiger partial charge in [-0.2, -0.15) is 5.10 Å². The summed E-state index contributed by atoms with van der Waals surface area (Å²) in [6.45, 7) is 0.623. The van der Waals surface area contributed by atoms with Gasteiger partial charge in [0.2, 0.25) is 5.91 Å². The van der Waals surface area contributed by atoms with Crippen LogP contribution in [-0.4, -0.2) is 26.6 Å². The van der Waals surface area contributed by atoms with E-state index in [1.807, 2.05) is 47.0 Å². The maximum absolute atomic E-state index is 13.1. The predicted octanol–water partition coefficient (Wildman–Crippen LogP) is 4.55. The minimum atomic E-state index is 0.0780. The second-order valence-electron chi connectivity index (χ2n) is 7.64. The van der Waals surface area contributed by atoms with Crippen LogP contribution in [0.4, 0.5) is 0 Å². The van der Waals surface area contributed by atoms with Crippen molar-refractivity contribution in [1.29, 1.82) is 0 Å². The molecule has 1 heterocycles. The fourth-order valence-electron chi connectivity index (χ4n) is 4.43. The van der Waals surface area contributed by atoms with E-state index in [9.17, 15) is 4.79 Å². The van der Waals surface area contributed by atoms with E-state index in [4.69, 9.17) is 16.7 Å². The van der Waals surface area contributed by atoms with Crippen LogP contribution < -0.4 is 0 Å². The van der Waals surface area contributed by atoms with Crippen LogP contribution in [0.1, 0.15) is 54.6 Å². The molecule has 0 spiro atoms. The first kappa shape index (κ1) is 18.3. The lowest BCUT2D eigenvalue weighted by molar-refractivity contribution is -0.128. The molecule has 0 aliphatic heterocycles. The standard InChI is InChI=1S/C22H26ClN3O/c1-25-21-8-4-7-19(21)20(24-25)15-26(18-5-2-3-6-18)22(27)14-11-16-9-12-17(23)13-10-16/h9-14,18H,2-8,15H2,1H3. The highest BCUT2D eigenvalue weighted by molar-refractivity contribution is 6.30. The normalized spacial score (nSPS) is 17.0. The molecule has 4 rings (SSSR count). The molecule has 0 unspecified atom stereocenters. The first-order chi connectivity index (χ1) is 13.1. The average molecular weight is 384 g/mol. The number of aryl methyl sites for hydroxylation is 1. The fourth-order valence-corrected chi connectivity index (χ4v) is 4.55. The number of halogens is 1. The highest BCUT2D eigenvalue weighted by atomic mass is 35.5. The number of fused-ring (bicyclic) bond motifs is 1. The van der Waals surface area contributed by atoms with Gasteiger partial charge in [0.05, 0.1) is 12.2 Å². The monoisotopic (exact) mass is 383 g/mol. The van der Waals surface area contributed by atoms with Gasteiger partial charge in [-0.05, 0) is 61.4 Å². The third-order valence-electron chi connectivity index (χ3n) is 5.86. The molecule has 0 saturated heterocycles. The van der Waals surface area contributed by atoms with Crippen LogP contribution in [0.15, 0.2) is 30.3 Å². The second kappa shape index (κ2) is 7.89. The van der Waals surface area contributed by atoms with Crippen molar-refractivity contribution < 1.29 is 4.79 Å². The summed E-state index contributed by atoms with van der Waals surface area (Å²) < 4.78 is 2.01. The summed E-state index contributed by atoms with van der Waals surface area (Å²) in [5.74, 6) is 0.0780. The molecule has 4 nitrogen and oxygen atoms in total. The lowest BCUT2D eigenvalue weighted by atomic mass is 10.1. The summed E-state index contributed by atoms with van der Waals surface area (Å²) in [4.78, 5) is 15.1. The maximum atomic E-state index is 13.1. The van der Waals surface area contributed by atoms with Gasteiger partial charge in [-0.3, -0.25) is 9.48 Å². The summed E-state index contributed by atoms with van der Waals surface area (Å²) in [6.07, 6.45) is 11.6. The van der Waals surface area contributed by atoms with Gasteiger partial charge in [-0.1, -0.05) is 36.6 Å². The van der Waals surface area contributed by atoms with Gasteiger partial charge in [0.15, 0.2) is 0 Å². The Hall–Kier alpha value is -2.07. The quantitative estimate of drug-likeness (QED) is 0.710. The van der Waals surface area contributed by atoms with E-state index < -0.39 is 0 Å². The fraction of sp³-hybridized carbons (Fsp3) is 0.455. The van der Waals surface area contributed by atoms with E-state index in [0.717, 1.165) is 36.9 Å². The molecule has 0 bridgehead atoms. The number of amides is 1. The average Bonchev–Trinajstić information content (AvgIpc) is 3.40. The van der Waals surface area contributed by atoms with E-state index in [1.54, 1.807) is 6.08 Å². The van der Waals surface area contributed by atoms with Crippen molar-refractivity contribution in [2.75, 3.05) is 0 Å². The lowest BCUT2D eigenvalue weighted by Crippen LogP contribution is -2.37. The van der Waals surface area contributed by atoms with Crippen molar-refractivity contribution in [3.05, 3.63) is 57.9 Å². The van der Waals surface area contributed by atoms with E-state index in [-0.39, 0.29) is 5.91 Å². The van der Waals surface area contributed by atoms with Gasteiger partial charge in [0.1, 0.15) is 0 Å². The van der Waals surface area contributed by atoms with Crippen LogP contribution in [0, 0.1) is 0 Å². The molecule has 2 aromatic rings. The van der Waals surface area contributed by atoms with E-state index >= 15 is 0 Å². The Balaban J connectivity index is 1.55. The van der Waals surface area contributed by atoms with Gasteiger partial charge in [0.25, 0.3) is 0 Å². The molecule has 1 amide bonds. The highest BCUT2D eigenvalue weighted by Crippen LogP contribution is 2.29. The van der Waals surface area contributed by atoms with Crippen LogP contribution in [0.2, 0.25) is 5.02 Å². The van der Waals surface area contributed by atoms with Crippen molar-refractivity contribution in [2.45, 2.75) is 57.5 Å². The predicted molar refractivity (Wildman–Crippen MR) is 109 cm³/mol. The van der Waals surface area contributed by atoms with Crippen LogP contribution in [0.3, 0.4) is 0 Å². The number of rotatable bonds is 5. The highest BCUT2D eigenvalue weighted by Gasteiger charge is 2.29. The molecule has 0 radical (unpaired) electrons. The SMILES string of the molecule is Cn1nc(CN(C(=O)C=Cc2ccc(Cl)cc2)C2CCCC2)c2c1CCC2. The number of hydrogen-bond donors (Lipinski definition) is 0. The third kappa shape index (κ3) is 3.96. The molecular weight excluding hydrogens is 358 g/mol. The van der Waals surface area contributed by atoms with Crippen molar-refractivity contribution in [3.8, 4) is 0 Å². The smallest absolute Gasteiger partial charge is 0.247 e. The minimum absolute atomic E-state index is 0.0780. The first-order valence-electron chi connectivity index (χ1n) is 9.89. The first-order valence-corrected chi connectivity index (χ1v) is 10.3. The van der Waals surface area contributed by atoms with Gasteiger partial charge >= 0.3 is 0 Å². The van der Waals surface area contributed by atoms with Gasteiger partial charge < -0.3 is 4.90 Å². The number of hydrogen-bond acceptors (Lipinski definition) is 2. The summed E-state index contributed by atoms with van der Waals surface area (Å²) in [7, 11) is 2.02. The molecule has 27 heavy (non-hydrogen) atoms. The summed E-state index contributed by atoms with van der Waals surface area (Å²) in [5.41, 5.74) is 4.79. The zero-order chi connectivity index (χ0) is 18.8. The molecule has 1 aromatic carbocycles. The summed E-state index contributed by atoms with van der Waals surface area (Å²) in [6, 6.07) is 7.87. The number of aromatic nitrogens is 2. The van der Waals surface area contributed by atoms with Gasteiger partial charge in [-0.25, -0.2) is 0 Å². The largest absolute Gasteiger partial charge is 0.330 e. The number of carbonyl (C=O) groups is 1. The Morgan fingerprint density at radius 2 is 1.96 bits per heavy atom. The van der Waals surface area contributed by atoms with Crippen molar-refractivity contribution in [2.24, 2.45) is 7.05 Å². The number of nitrogens with zero attached hydrogens (tertiary/aromatic N) is 3. The number of carbonyl (C=O) groups excluding carboxylic acids is 1. The van der Waals surface area contributed by atoms with E-state index in [2.05, 4.69) is 0 Å². The molecule has 2 aliphatic carbocycles. The van der Waals surface area contributed by atoms with Crippen LogP contribution in [-0.2, 0) is 31.2 Å². The molecule has 5 heteroatoms. The van der Waals surface area contributed by atoms with Crippen LogP contribution in [0.25, 0.3) is 6.08 Å². The molecule has 1 saturated carbocycles.